The summed E-state index contributed by atoms with van der Waals surface area (Å²) in [6.07, 6.45) is 0. The fourth-order valence-corrected chi connectivity index (χ4v) is 4.33. The summed E-state index contributed by atoms with van der Waals surface area (Å²) in [5, 5.41) is 43.1. The molecule has 0 heterocycles. The Morgan fingerprint density at radius 3 is 2.27 bits per heavy atom. The Morgan fingerprint density at radius 1 is 0.970 bits per heavy atom. The number of benzene rings is 3. The Bertz CT molecular complexity index is 1320. The highest BCUT2D eigenvalue weighted by Crippen LogP contribution is 2.45. The van der Waals surface area contributed by atoms with Gasteiger partial charge in [-0.15, -0.1) is 13.8 Å². The standard InChI is InChI=1S/C17H15N3O10S3/c1-8-2-3-10(6-13(8)31-29-27-22)19-20-16-14(32-30-28-23)4-9-5-15(33(24,25)26)12(18)7-11(9)17(16)21/h2-7,21-23H,18H2,1H3,(H,24,25,26). The molecule has 0 aromatic heterocycles. The highest BCUT2D eigenvalue weighted by Gasteiger charge is 2.20. The number of rotatable bonds is 9. The van der Waals surface area contributed by atoms with Crippen molar-refractivity contribution in [3.8, 4) is 5.75 Å². The number of fused-ring (bicyclic) bond motifs is 1. The first-order chi connectivity index (χ1) is 15.7. The van der Waals surface area contributed by atoms with Crippen LogP contribution in [-0.4, -0.2) is 28.6 Å². The summed E-state index contributed by atoms with van der Waals surface area (Å²) in [7, 11) is -4.63. The molecular weight excluding hydrogens is 502 g/mol. The molecule has 6 N–H and O–H groups in total. The number of nitrogens with zero attached hydrogens (tertiary/aromatic N) is 2. The van der Waals surface area contributed by atoms with Gasteiger partial charge < -0.3 is 10.8 Å². The van der Waals surface area contributed by atoms with Crippen molar-refractivity contribution in [2.24, 2.45) is 10.2 Å². The van der Waals surface area contributed by atoms with E-state index < -0.39 is 20.8 Å². The SMILES string of the molecule is Cc1ccc(N=Nc2c(SOOO)cc3cc(S(=O)(=O)O)c(N)cc3c2O)cc1SOOO. The largest absolute Gasteiger partial charge is 0.505 e. The molecule has 0 saturated carbocycles. The molecular formula is C17H15N3O10S3. The zero-order chi connectivity index (χ0) is 24.2. The van der Waals surface area contributed by atoms with Gasteiger partial charge in [0.1, 0.15) is 10.6 Å². The fourth-order valence-electron chi connectivity index (χ4n) is 2.73. The van der Waals surface area contributed by atoms with Crippen molar-refractivity contribution in [2.75, 3.05) is 5.73 Å². The molecule has 0 radical (unpaired) electrons. The number of phenols is 1. The zero-order valence-electron chi connectivity index (χ0n) is 16.4. The summed E-state index contributed by atoms with van der Waals surface area (Å²) in [5.74, 6) is -0.437. The normalized spacial score (nSPS) is 12.1. The fraction of sp³-hybridized carbons (Fsp3) is 0.0588. The predicted molar refractivity (Wildman–Crippen MR) is 117 cm³/mol. The van der Waals surface area contributed by atoms with Gasteiger partial charge in [-0.2, -0.15) is 13.5 Å². The molecule has 3 aromatic rings. The van der Waals surface area contributed by atoms with Gasteiger partial charge in [-0.1, -0.05) is 16.1 Å². The van der Waals surface area contributed by atoms with E-state index in [2.05, 4.69) is 29.0 Å². The van der Waals surface area contributed by atoms with Crippen molar-refractivity contribution in [2.45, 2.75) is 21.6 Å². The summed E-state index contributed by atoms with van der Waals surface area (Å²) in [4.78, 5) is 0.0701. The van der Waals surface area contributed by atoms with E-state index in [1.165, 1.54) is 6.07 Å². The highest BCUT2D eigenvalue weighted by molar-refractivity contribution is 7.95. The molecule has 0 aliphatic rings. The van der Waals surface area contributed by atoms with Crippen molar-refractivity contribution in [1.82, 2.24) is 0 Å². The Morgan fingerprint density at radius 2 is 1.64 bits per heavy atom. The third-order valence-corrected chi connectivity index (χ3v) is 6.48. The molecule has 0 aliphatic carbocycles. The van der Waals surface area contributed by atoms with E-state index in [-0.39, 0.29) is 27.0 Å². The molecule has 0 spiro atoms. The maximum absolute atomic E-state index is 11.5. The van der Waals surface area contributed by atoms with Gasteiger partial charge >= 0.3 is 0 Å². The van der Waals surface area contributed by atoms with Crippen LogP contribution in [0.3, 0.4) is 0 Å². The van der Waals surface area contributed by atoms with E-state index >= 15 is 0 Å². The van der Waals surface area contributed by atoms with Gasteiger partial charge in [0.25, 0.3) is 10.1 Å². The first-order valence-corrected chi connectivity index (χ1v) is 11.5. The average molecular weight is 518 g/mol. The Balaban J connectivity index is 2.12. The van der Waals surface area contributed by atoms with E-state index in [0.717, 1.165) is 29.7 Å². The van der Waals surface area contributed by atoms with Crippen LogP contribution in [0, 0.1) is 6.92 Å². The van der Waals surface area contributed by atoms with Crippen LogP contribution in [0.1, 0.15) is 5.56 Å². The van der Waals surface area contributed by atoms with Gasteiger partial charge in [0, 0.05) is 10.3 Å². The van der Waals surface area contributed by atoms with Crippen LogP contribution in [0.25, 0.3) is 10.8 Å². The molecule has 0 atom stereocenters. The van der Waals surface area contributed by atoms with E-state index in [9.17, 15) is 18.1 Å². The maximum Gasteiger partial charge on any atom is 0.296 e. The second kappa shape index (κ2) is 10.6. The zero-order valence-corrected chi connectivity index (χ0v) is 18.8. The molecule has 13 nitrogen and oxygen atoms in total. The Kier molecular flexibility index (Phi) is 8.08. The van der Waals surface area contributed by atoms with Crippen molar-refractivity contribution in [3.63, 3.8) is 0 Å². The Labute approximate surface area is 194 Å². The quantitative estimate of drug-likeness (QED) is 0.0637. The predicted octanol–water partition coefficient (Wildman–Crippen LogP) is 4.95. The van der Waals surface area contributed by atoms with Crippen molar-refractivity contribution in [1.29, 1.82) is 0 Å². The summed E-state index contributed by atoms with van der Waals surface area (Å²) in [6.45, 7) is 1.78. The first kappa shape index (κ1) is 25.1. The number of phenolic OH excluding ortho intramolecular Hbond substituents is 1. The molecule has 3 aromatic carbocycles. The summed E-state index contributed by atoms with van der Waals surface area (Å²) in [6, 6.07) is 8.45. The molecule has 0 saturated heterocycles. The first-order valence-electron chi connectivity index (χ1n) is 8.54. The second-order valence-electron chi connectivity index (χ2n) is 6.26. The molecule has 33 heavy (non-hydrogen) atoms. The van der Waals surface area contributed by atoms with Crippen LogP contribution in [0.5, 0.6) is 5.75 Å². The van der Waals surface area contributed by atoms with Crippen LogP contribution in [0.15, 0.2) is 61.3 Å². The lowest BCUT2D eigenvalue weighted by atomic mass is 10.1. The monoisotopic (exact) mass is 517 g/mol. The number of nitrogens with two attached hydrogens (primary N) is 1. The van der Waals surface area contributed by atoms with Gasteiger partial charge in [-0.3, -0.25) is 4.55 Å². The van der Waals surface area contributed by atoms with E-state index in [4.69, 9.17) is 16.2 Å². The van der Waals surface area contributed by atoms with Gasteiger partial charge in [-0.05, 0) is 48.2 Å². The smallest absolute Gasteiger partial charge is 0.296 e. The third-order valence-electron chi connectivity index (χ3n) is 4.20. The van der Waals surface area contributed by atoms with Crippen LogP contribution in [-0.2, 0) is 28.9 Å². The topological polar surface area (TPSA) is 203 Å². The van der Waals surface area contributed by atoms with Crippen LogP contribution in [0.2, 0.25) is 0 Å². The lowest BCUT2D eigenvalue weighted by molar-refractivity contribution is -0.432. The number of hydrogen-bond donors (Lipinski definition) is 5. The van der Waals surface area contributed by atoms with Crippen molar-refractivity contribution < 1.29 is 47.3 Å². The molecule has 16 heteroatoms. The number of hydrogen-bond acceptors (Lipinski definition) is 14. The minimum absolute atomic E-state index is 0.0718. The number of nitrogen functional groups attached to an aromatic ring is 1. The molecule has 0 aliphatic heterocycles. The second-order valence-corrected chi connectivity index (χ2v) is 9.13. The number of azo groups is 1. The molecule has 0 fully saturated rings. The van der Waals surface area contributed by atoms with Crippen LogP contribution in [0.4, 0.5) is 17.1 Å². The summed E-state index contributed by atoms with van der Waals surface area (Å²) in [5.41, 5.74) is 6.42. The number of anilines is 1. The summed E-state index contributed by atoms with van der Waals surface area (Å²) >= 11 is 1.18. The van der Waals surface area contributed by atoms with Gasteiger partial charge in [0.2, 0.25) is 0 Å². The highest BCUT2D eigenvalue weighted by atomic mass is 32.2. The minimum Gasteiger partial charge on any atom is -0.505 e. The van der Waals surface area contributed by atoms with Gasteiger partial charge in [0.15, 0.2) is 5.75 Å². The lowest BCUT2D eigenvalue weighted by Gasteiger charge is -2.11. The van der Waals surface area contributed by atoms with Crippen LogP contribution >= 0.6 is 24.1 Å². The van der Waals surface area contributed by atoms with Crippen LogP contribution < -0.4 is 5.73 Å². The van der Waals surface area contributed by atoms with Crippen molar-refractivity contribution >= 4 is 62.0 Å². The molecule has 0 unspecified atom stereocenters. The summed E-state index contributed by atoms with van der Waals surface area (Å²) < 4.78 is 41.3. The number of aryl methyl sites for hydroxylation is 1. The average Bonchev–Trinajstić information content (AvgIpc) is 2.76. The van der Waals surface area contributed by atoms with Gasteiger partial charge in [-0.25, -0.2) is 10.5 Å². The maximum atomic E-state index is 11.5. The van der Waals surface area contributed by atoms with Crippen molar-refractivity contribution in [3.05, 3.63) is 42.0 Å². The molecule has 0 bridgehead atoms. The minimum atomic E-state index is -4.63. The number of aromatic hydroxyl groups is 1. The third kappa shape index (κ3) is 5.89. The van der Waals surface area contributed by atoms with E-state index in [1.807, 2.05) is 0 Å². The van der Waals surface area contributed by atoms with E-state index in [1.54, 1.807) is 25.1 Å². The lowest BCUT2D eigenvalue weighted by Crippen LogP contribution is -2.03. The molecule has 176 valence electrons. The van der Waals surface area contributed by atoms with E-state index in [0.29, 0.717) is 22.6 Å². The molecule has 3 rings (SSSR count). The van der Waals surface area contributed by atoms with Gasteiger partial charge in [0.05, 0.1) is 40.4 Å². The Hall–Kier alpha value is -2.51. The molecule has 0 amide bonds.